The van der Waals surface area contributed by atoms with Crippen LogP contribution in [0.1, 0.15) is 16.1 Å². The molecule has 1 aromatic carbocycles. The minimum atomic E-state index is -0.497. The van der Waals surface area contributed by atoms with Gasteiger partial charge in [-0.15, -0.1) is 0 Å². The Labute approximate surface area is 114 Å². The van der Waals surface area contributed by atoms with Crippen molar-refractivity contribution in [2.45, 2.75) is 0 Å². The number of carbonyl (C=O) groups excluding carboxylic acids is 1. The van der Waals surface area contributed by atoms with Crippen LogP contribution in [0.2, 0.25) is 0 Å². The predicted molar refractivity (Wildman–Crippen MR) is 71.9 cm³/mol. The van der Waals surface area contributed by atoms with E-state index in [4.69, 9.17) is 0 Å². The van der Waals surface area contributed by atoms with Gasteiger partial charge < -0.3 is 5.21 Å². The fraction of sp³-hybridized carbons (Fsp3) is 0. The lowest BCUT2D eigenvalue weighted by Crippen LogP contribution is -2.33. The highest BCUT2D eigenvalue weighted by molar-refractivity contribution is 6.04. The third kappa shape index (κ3) is 3.05. The Kier molecular flexibility index (Phi) is 3.85. The summed E-state index contributed by atoms with van der Waals surface area (Å²) >= 11 is 0. The number of hydrogen-bond acceptors (Lipinski definition) is 4. The van der Waals surface area contributed by atoms with Crippen molar-refractivity contribution >= 4 is 17.5 Å². The lowest BCUT2D eigenvalue weighted by molar-refractivity contribution is -0.607. The predicted octanol–water partition coefficient (Wildman–Crippen LogP) is 2.12. The average molecular weight is 270 g/mol. The quantitative estimate of drug-likeness (QED) is 0.212. The fourth-order valence-corrected chi connectivity index (χ4v) is 1.58. The van der Waals surface area contributed by atoms with E-state index in [-0.39, 0.29) is 11.4 Å². The molecule has 0 aliphatic heterocycles. The molecule has 6 heteroatoms. The van der Waals surface area contributed by atoms with Crippen LogP contribution < -0.4 is 4.73 Å². The Morgan fingerprint density at radius 1 is 1.15 bits per heavy atom. The molecule has 0 spiro atoms. The summed E-state index contributed by atoms with van der Waals surface area (Å²) in [5.41, 5.74) is 0.636. The van der Waals surface area contributed by atoms with Gasteiger partial charge in [0.1, 0.15) is 0 Å². The van der Waals surface area contributed by atoms with Crippen LogP contribution in [0.4, 0.5) is 5.69 Å². The summed E-state index contributed by atoms with van der Waals surface area (Å²) in [6, 6.07) is 10.3. The van der Waals surface area contributed by atoms with Crippen molar-refractivity contribution < 1.29 is 14.4 Å². The maximum absolute atomic E-state index is 11.8. The molecular formula is C14H10N2O4. The summed E-state index contributed by atoms with van der Waals surface area (Å²) < 4.78 is 0.489. The Balaban J connectivity index is 2.15. The van der Waals surface area contributed by atoms with Gasteiger partial charge in [-0.25, -0.2) is 0 Å². The molecule has 2 aromatic rings. The van der Waals surface area contributed by atoms with Crippen LogP contribution in [0, 0.1) is 15.3 Å². The third-order valence-electron chi connectivity index (χ3n) is 2.61. The molecular weight excluding hydrogens is 260 g/mol. The van der Waals surface area contributed by atoms with Crippen LogP contribution >= 0.6 is 0 Å². The first-order valence-electron chi connectivity index (χ1n) is 5.73. The fourth-order valence-electron chi connectivity index (χ4n) is 1.58. The van der Waals surface area contributed by atoms with Crippen LogP contribution in [0.5, 0.6) is 0 Å². The molecule has 1 heterocycles. The number of allylic oxidation sites excluding steroid dienone is 1. The summed E-state index contributed by atoms with van der Waals surface area (Å²) in [5.74, 6) is -0.432. The SMILES string of the molecule is O=C(/C=C\c1ccc([N+](=O)[O-])cc1)c1cccc[n+]1[O-]. The number of non-ortho nitro benzene ring substituents is 1. The van der Waals surface area contributed by atoms with E-state index < -0.39 is 10.7 Å². The van der Waals surface area contributed by atoms with Crippen molar-refractivity contribution in [1.29, 1.82) is 0 Å². The number of hydrogen-bond donors (Lipinski definition) is 0. The smallest absolute Gasteiger partial charge is 0.269 e. The van der Waals surface area contributed by atoms with E-state index in [1.54, 1.807) is 6.07 Å². The highest BCUT2D eigenvalue weighted by Crippen LogP contribution is 2.13. The average Bonchev–Trinajstić information content (AvgIpc) is 2.45. The van der Waals surface area contributed by atoms with E-state index in [1.165, 1.54) is 54.7 Å². The first kappa shape index (κ1) is 13.4. The molecule has 20 heavy (non-hydrogen) atoms. The number of nitro groups is 1. The molecule has 0 saturated heterocycles. The first-order valence-corrected chi connectivity index (χ1v) is 5.73. The summed E-state index contributed by atoms with van der Waals surface area (Å²) in [4.78, 5) is 21.8. The molecule has 0 bridgehead atoms. The van der Waals surface area contributed by atoms with Gasteiger partial charge in [-0.3, -0.25) is 14.9 Å². The van der Waals surface area contributed by atoms with Crippen molar-refractivity contribution in [1.82, 2.24) is 0 Å². The van der Waals surface area contributed by atoms with Crippen molar-refractivity contribution in [2.24, 2.45) is 0 Å². The Hall–Kier alpha value is -3.02. The molecule has 0 unspecified atom stereocenters. The van der Waals surface area contributed by atoms with Gasteiger partial charge in [0.2, 0.25) is 0 Å². The maximum atomic E-state index is 11.8. The number of ketones is 1. The minimum absolute atomic E-state index is 0.0191. The molecule has 0 amide bonds. The van der Waals surface area contributed by atoms with Crippen molar-refractivity contribution in [3.8, 4) is 0 Å². The van der Waals surface area contributed by atoms with Gasteiger partial charge in [0.25, 0.3) is 17.2 Å². The number of aromatic nitrogens is 1. The number of nitrogens with zero attached hydrogens (tertiary/aromatic N) is 2. The second-order valence-electron chi connectivity index (χ2n) is 3.96. The van der Waals surface area contributed by atoms with E-state index >= 15 is 0 Å². The van der Waals surface area contributed by atoms with Crippen LogP contribution in [-0.4, -0.2) is 10.7 Å². The van der Waals surface area contributed by atoms with E-state index in [2.05, 4.69) is 0 Å². The second kappa shape index (κ2) is 5.75. The van der Waals surface area contributed by atoms with Gasteiger partial charge in [0, 0.05) is 24.3 Å². The van der Waals surface area contributed by atoms with Crippen LogP contribution in [0.25, 0.3) is 6.08 Å². The number of carbonyl (C=O) groups is 1. The second-order valence-corrected chi connectivity index (χ2v) is 3.96. The van der Waals surface area contributed by atoms with Gasteiger partial charge >= 0.3 is 0 Å². The van der Waals surface area contributed by atoms with Crippen molar-refractivity contribution in [3.63, 3.8) is 0 Å². The monoisotopic (exact) mass is 270 g/mol. The summed E-state index contributed by atoms with van der Waals surface area (Å²) in [6.45, 7) is 0. The summed E-state index contributed by atoms with van der Waals surface area (Å²) in [7, 11) is 0. The van der Waals surface area contributed by atoms with Gasteiger partial charge in [0.05, 0.1) is 4.92 Å². The zero-order valence-corrected chi connectivity index (χ0v) is 10.3. The van der Waals surface area contributed by atoms with E-state index in [9.17, 15) is 20.1 Å². The third-order valence-corrected chi connectivity index (χ3v) is 2.61. The zero-order valence-electron chi connectivity index (χ0n) is 10.3. The highest BCUT2D eigenvalue weighted by atomic mass is 16.6. The van der Waals surface area contributed by atoms with E-state index in [0.717, 1.165) is 0 Å². The molecule has 1 aromatic heterocycles. The molecule has 0 radical (unpaired) electrons. The summed E-state index contributed by atoms with van der Waals surface area (Å²) in [5, 5.41) is 21.9. The molecule has 0 saturated carbocycles. The standard InChI is InChI=1S/C14H10N2O4/c17-14(13-3-1-2-10-15(13)18)9-6-11-4-7-12(8-5-11)16(19)20/h1-10H/b9-6-. The molecule has 0 atom stereocenters. The molecule has 0 aliphatic rings. The molecule has 0 fully saturated rings. The van der Waals surface area contributed by atoms with Crippen LogP contribution in [0.15, 0.2) is 54.7 Å². The number of rotatable bonds is 4. The van der Waals surface area contributed by atoms with Crippen LogP contribution in [-0.2, 0) is 0 Å². The molecule has 6 nitrogen and oxygen atoms in total. The van der Waals surface area contributed by atoms with Crippen LogP contribution in [0.3, 0.4) is 0 Å². The number of nitro benzene ring substituents is 1. The van der Waals surface area contributed by atoms with Crippen molar-refractivity contribution in [3.05, 3.63) is 81.3 Å². The molecule has 0 N–H and O–H groups in total. The topological polar surface area (TPSA) is 87.1 Å². The highest BCUT2D eigenvalue weighted by Gasteiger charge is 2.11. The largest absolute Gasteiger partial charge is 0.618 e. The normalized spacial score (nSPS) is 10.6. The lowest BCUT2D eigenvalue weighted by atomic mass is 10.1. The van der Waals surface area contributed by atoms with Gasteiger partial charge in [-0.1, -0.05) is 6.08 Å². The van der Waals surface area contributed by atoms with Gasteiger partial charge in [-0.2, -0.15) is 4.73 Å². The molecule has 100 valence electrons. The maximum Gasteiger partial charge on any atom is 0.269 e. The Morgan fingerprint density at radius 3 is 2.45 bits per heavy atom. The van der Waals surface area contributed by atoms with E-state index in [0.29, 0.717) is 10.3 Å². The Morgan fingerprint density at radius 2 is 1.85 bits per heavy atom. The number of benzene rings is 1. The first-order chi connectivity index (χ1) is 9.58. The molecule has 0 aliphatic carbocycles. The minimum Gasteiger partial charge on any atom is -0.618 e. The van der Waals surface area contributed by atoms with E-state index in [1.807, 2.05) is 0 Å². The van der Waals surface area contributed by atoms with Gasteiger partial charge in [-0.05, 0) is 29.8 Å². The van der Waals surface area contributed by atoms with Crippen molar-refractivity contribution in [2.75, 3.05) is 0 Å². The summed E-state index contributed by atoms with van der Waals surface area (Å²) in [6.07, 6.45) is 4.00. The lowest BCUT2D eigenvalue weighted by Gasteiger charge is -1.99. The Bertz CT molecular complexity index is 678. The zero-order chi connectivity index (χ0) is 14.5. The molecule has 2 rings (SSSR count). The van der Waals surface area contributed by atoms with Gasteiger partial charge in [0.15, 0.2) is 6.20 Å². The number of pyridine rings is 1.